The number of fused-ring (bicyclic) bond motifs is 1. The van der Waals surface area contributed by atoms with Crippen molar-refractivity contribution in [3.63, 3.8) is 0 Å². The molecule has 8 heteroatoms. The zero-order chi connectivity index (χ0) is 15.8. The summed E-state index contributed by atoms with van der Waals surface area (Å²) in [6.45, 7) is 5.41. The van der Waals surface area contributed by atoms with Crippen molar-refractivity contribution in [3.05, 3.63) is 23.8 Å². The van der Waals surface area contributed by atoms with Gasteiger partial charge < -0.3 is 10.6 Å². The number of anilines is 1. The summed E-state index contributed by atoms with van der Waals surface area (Å²) in [5, 5.41) is 0. The molecule has 1 aliphatic heterocycles. The van der Waals surface area contributed by atoms with Crippen LogP contribution in [-0.2, 0) is 21.2 Å². The molecule has 1 aliphatic rings. The van der Waals surface area contributed by atoms with Gasteiger partial charge in [-0.3, -0.25) is 4.79 Å². The minimum Gasteiger partial charge on any atom is -0.329 e. The van der Waals surface area contributed by atoms with E-state index in [4.69, 9.17) is 5.73 Å². The van der Waals surface area contributed by atoms with Gasteiger partial charge in [0.05, 0.1) is 4.90 Å². The summed E-state index contributed by atoms with van der Waals surface area (Å²) in [6.07, 6.45) is 0.657. The third-order valence-electron chi connectivity index (χ3n) is 3.63. The number of carbonyl (C=O) groups excluding carboxylic acids is 1. The van der Waals surface area contributed by atoms with E-state index in [1.165, 1.54) is 13.0 Å². The molecule has 1 unspecified atom stereocenters. The second-order valence-corrected chi connectivity index (χ2v) is 7.20. The maximum atomic E-state index is 12.3. The minimum atomic E-state index is -3.58. The van der Waals surface area contributed by atoms with Crippen LogP contribution in [0, 0.1) is 0 Å². The molecule has 0 radical (unpaired) electrons. The van der Waals surface area contributed by atoms with E-state index in [-0.39, 0.29) is 41.8 Å². The summed E-state index contributed by atoms with van der Waals surface area (Å²) < 4.78 is 27.0. The molecular weight excluding hydrogens is 326 g/mol. The number of benzene rings is 1. The molecule has 0 spiro atoms. The van der Waals surface area contributed by atoms with Gasteiger partial charge in [0.2, 0.25) is 15.9 Å². The average molecular weight is 348 g/mol. The van der Waals surface area contributed by atoms with Crippen molar-refractivity contribution in [1.29, 1.82) is 0 Å². The van der Waals surface area contributed by atoms with Crippen LogP contribution in [-0.4, -0.2) is 33.0 Å². The lowest BCUT2D eigenvalue weighted by Gasteiger charge is -2.20. The average Bonchev–Trinajstić information content (AvgIpc) is 2.72. The van der Waals surface area contributed by atoms with E-state index >= 15 is 0 Å². The van der Waals surface area contributed by atoms with Crippen LogP contribution in [0.4, 0.5) is 5.69 Å². The Morgan fingerprint density at radius 1 is 1.50 bits per heavy atom. The van der Waals surface area contributed by atoms with Gasteiger partial charge in [0.1, 0.15) is 0 Å². The normalized spacial score (nSPS) is 18.5. The Labute approximate surface area is 137 Å². The lowest BCUT2D eigenvalue weighted by Crippen LogP contribution is -2.37. The zero-order valence-electron chi connectivity index (χ0n) is 12.9. The van der Waals surface area contributed by atoms with Crippen LogP contribution in [0.3, 0.4) is 0 Å². The highest BCUT2D eigenvalue weighted by Gasteiger charge is 2.30. The molecule has 1 aromatic carbocycles. The summed E-state index contributed by atoms with van der Waals surface area (Å²) in [5.74, 6) is -0.0354. The molecule has 2 atom stereocenters. The van der Waals surface area contributed by atoms with E-state index in [1.54, 1.807) is 24.0 Å². The summed E-state index contributed by atoms with van der Waals surface area (Å²) in [4.78, 5) is 13.6. The van der Waals surface area contributed by atoms with E-state index in [9.17, 15) is 13.2 Å². The van der Waals surface area contributed by atoms with Gasteiger partial charge in [0.15, 0.2) is 0 Å². The fourth-order valence-electron chi connectivity index (χ4n) is 2.64. The van der Waals surface area contributed by atoms with Crippen molar-refractivity contribution in [2.75, 3.05) is 11.4 Å². The highest BCUT2D eigenvalue weighted by molar-refractivity contribution is 7.89. The maximum Gasteiger partial charge on any atom is 0.240 e. The van der Waals surface area contributed by atoms with Gasteiger partial charge in [-0.2, -0.15) is 0 Å². The Hall–Kier alpha value is -1.15. The molecule has 2 rings (SSSR count). The van der Waals surface area contributed by atoms with E-state index in [0.29, 0.717) is 6.42 Å². The Balaban J connectivity index is 0.00000242. The molecular formula is C14H22ClN3O3S. The third kappa shape index (κ3) is 3.60. The molecule has 1 aromatic rings. The van der Waals surface area contributed by atoms with E-state index in [1.807, 2.05) is 6.92 Å². The van der Waals surface area contributed by atoms with Crippen LogP contribution >= 0.6 is 12.4 Å². The fraction of sp³-hybridized carbons (Fsp3) is 0.500. The quantitative estimate of drug-likeness (QED) is 0.850. The number of hydrogen-bond donors (Lipinski definition) is 2. The highest BCUT2D eigenvalue weighted by atomic mass is 35.5. The molecule has 124 valence electrons. The van der Waals surface area contributed by atoms with Gasteiger partial charge in [-0.1, -0.05) is 0 Å². The number of sulfonamides is 1. The first kappa shape index (κ1) is 18.9. The molecule has 1 heterocycles. The van der Waals surface area contributed by atoms with Crippen molar-refractivity contribution < 1.29 is 13.2 Å². The van der Waals surface area contributed by atoms with Crippen LogP contribution in [0.2, 0.25) is 0 Å². The van der Waals surface area contributed by atoms with Gasteiger partial charge in [0.25, 0.3) is 0 Å². The number of nitrogens with one attached hydrogen (secondary N) is 1. The second-order valence-electron chi connectivity index (χ2n) is 5.49. The lowest BCUT2D eigenvalue weighted by atomic mass is 10.1. The van der Waals surface area contributed by atoms with E-state index in [0.717, 1.165) is 11.3 Å². The van der Waals surface area contributed by atoms with Crippen LogP contribution in [0.25, 0.3) is 0 Å². The molecule has 0 saturated carbocycles. The largest absolute Gasteiger partial charge is 0.329 e. The zero-order valence-corrected chi connectivity index (χ0v) is 14.5. The van der Waals surface area contributed by atoms with Crippen LogP contribution in [0.15, 0.2) is 23.1 Å². The standard InChI is InChI=1S/C14H21N3O3S.ClH/c1-9(8-15)16-21(19,20)13-4-5-14-12(7-13)6-10(2)17(14)11(3)18;/h4-5,7,9-10,16H,6,8,15H2,1-3H3;1H/t9-,10?;/m0./s1. The maximum absolute atomic E-state index is 12.3. The fourth-order valence-corrected chi connectivity index (χ4v) is 3.94. The number of rotatable bonds is 4. The molecule has 0 aliphatic carbocycles. The molecule has 1 amide bonds. The van der Waals surface area contributed by atoms with Crippen molar-refractivity contribution >= 4 is 34.0 Å². The lowest BCUT2D eigenvalue weighted by molar-refractivity contribution is -0.116. The van der Waals surface area contributed by atoms with Gasteiger partial charge in [-0.15, -0.1) is 12.4 Å². The SMILES string of the molecule is CC(=O)N1c2ccc(S(=O)(=O)N[C@@H](C)CN)cc2CC1C.Cl. The first-order valence-electron chi connectivity index (χ1n) is 6.91. The second kappa shape index (κ2) is 6.95. The van der Waals surface area contributed by atoms with Crippen molar-refractivity contribution in [2.24, 2.45) is 5.73 Å². The predicted octanol–water partition coefficient (Wildman–Crippen LogP) is 1.03. The topological polar surface area (TPSA) is 92.5 Å². The monoisotopic (exact) mass is 347 g/mol. The molecule has 0 saturated heterocycles. The number of amides is 1. The van der Waals surface area contributed by atoms with Gasteiger partial charge >= 0.3 is 0 Å². The molecule has 22 heavy (non-hydrogen) atoms. The molecule has 0 fully saturated rings. The third-order valence-corrected chi connectivity index (χ3v) is 5.21. The van der Waals surface area contributed by atoms with Crippen molar-refractivity contribution in [1.82, 2.24) is 4.72 Å². The Bertz CT molecular complexity index is 663. The Morgan fingerprint density at radius 3 is 2.68 bits per heavy atom. The van der Waals surface area contributed by atoms with Gasteiger partial charge in [0, 0.05) is 31.2 Å². The van der Waals surface area contributed by atoms with E-state index < -0.39 is 10.0 Å². The number of carbonyl (C=O) groups is 1. The number of hydrogen-bond acceptors (Lipinski definition) is 4. The molecule has 3 N–H and O–H groups in total. The summed E-state index contributed by atoms with van der Waals surface area (Å²) in [5.41, 5.74) is 7.11. The van der Waals surface area contributed by atoms with Crippen LogP contribution in [0.5, 0.6) is 0 Å². The van der Waals surface area contributed by atoms with E-state index in [2.05, 4.69) is 4.72 Å². The van der Waals surface area contributed by atoms with Gasteiger partial charge in [-0.05, 0) is 44.0 Å². The smallest absolute Gasteiger partial charge is 0.240 e. The van der Waals surface area contributed by atoms with Crippen molar-refractivity contribution in [2.45, 2.75) is 44.2 Å². The number of nitrogens with zero attached hydrogens (tertiary/aromatic N) is 1. The molecule has 0 bridgehead atoms. The Kier molecular flexibility index (Phi) is 5.97. The predicted molar refractivity (Wildman–Crippen MR) is 88.9 cm³/mol. The molecule has 0 aromatic heterocycles. The summed E-state index contributed by atoms with van der Waals surface area (Å²) >= 11 is 0. The molecule has 6 nitrogen and oxygen atoms in total. The first-order valence-corrected chi connectivity index (χ1v) is 8.39. The summed E-state index contributed by atoms with van der Waals surface area (Å²) in [6, 6.07) is 4.59. The van der Waals surface area contributed by atoms with Crippen LogP contribution < -0.4 is 15.4 Å². The van der Waals surface area contributed by atoms with Crippen molar-refractivity contribution in [3.8, 4) is 0 Å². The minimum absolute atomic E-state index is 0. The Morgan fingerprint density at radius 2 is 2.14 bits per heavy atom. The highest BCUT2D eigenvalue weighted by Crippen LogP contribution is 2.33. The number of nitrogens with two attached hydrogens (primary N) is 1. The summed E-state index contributed by atoms with van der Waals surface area (Å²) in [7, 11) is -3.58. The first-order chi connectivity index (χ1) is 9.76. The number of halogens is 1. The van der Waals surface area contributed by atoms with Crippen LogP contribution in [0.1, 0.15) is 26.3 Å². The van der Waals surface area contributed by atoms with Gasteiger partial charge in [-0.25, -0.2) is 13.1 Å².